The number of pyridine rings is 1. The minimum Gasteiger partial charge on any atom is -0.466 e. The summed E-state index contributed by atoms with van der Waals surface area (Å²) in [6.07, 6.45) is 4.07. The summed E-state index contributed by atoms with van der Waals surface area (Å²) in [5.41, 5.74) is 3.66. The number of amides is 1. The fourth-order valence-corrected chi connectivity index (χ4v) is 3.43. The van der Waals surface area contributed by atoms with Crippen molar-refractivity contribution in [3.8, 4) is 0 Å². The Morgan fingerprint density at radius 3 is 2.60 bits per heavy atom. The third-order valence-electron chi connectivity index (χ3n) is 4.94. The van der Waals surface area contributed by atoms with E-state index < -0.39 is 0 Å². The summed E-state index contributed by atoms with van der Waals surface area (Å²) < 4.78 is 7.07. The quantitative estimate of drug-likeness (QED) is 0.801. The van der Waals surface area contributed by atoms with Gasteiger partial charge in [-0.3, -0.25) is 9.59 Å². The maximum Gasteiger partial charge on any atom is 0.309 e. The van der Waals surface area contributed by atoms with E-state index in [1.54, 1.807) is 0 Å². The number of hydrogen-bond donors (Lipinski definition) is 0. The zero-order valence-electron chi connectivity index (χ0n) is 15.1. The molecule has 1 aliphatic heterocycles. The molecule has 0 N–H and O–H groups in total. The minimum absolute atomic E-state index is 0.00959. The fourth-order valence-electron chi connectivity index (χ4n) is 3.43. The van der Waals surface area contributed by atoms with Crippen LogP contribution < -0.4 is 0 Å². The number of fused-ring (bicyclic) bond motifs is 1. The van der Waals surface area contributed by atoms with Crippen molar-refractivity contribution in [1.82, 2.24) is 14.3 Å². The molecule has 1 fully saturated rings. The van der Waals surface area contributed by atoms with Gasteiger partial charge in [0.25, 0.3) is 5.91 Å². The summed E-state index contributed by atoms with van der Waals surface area (Å²) in [4.78, 5) is 31.0. The van der Waals surface area contributed by atoms with Gasteiger partial charge in [0.05, 0.1) is 23.8 Å². The Morgan fingerprint density at radius 2 is 1.96 bits per heavy atom. The number of rotatable bonds is 4. The predicted molar refractivity (Wildman–Crippen MR) is 94.6 cm³/mol. The highest BCUT2D eigenvalue weighted by molar-refractivity contribution is 5.94. The second kappa shape index (κ2) is 7.25. The first-order valence-electron chi connectivity index (χ1n) is 8.98. The SMILES string of the molecule is CCOC(=O)C1CCN(C(=O)c2ccc3nc(CC)c(C)n3c2)CC1. The lowest BCUT2D eigenvalue weighted by Crippen LogP contribution is -2.40. The van der Waals surface area contributed by atoms with Crippen molar-refractivity contribution in [2.75, 3.05) is 19.7 Å². The average molecular weight is 343 g/mol. The topological polar surface area (TPSA) is 63.9 Å². The van der Waals surface area contributed by atoms with Crippen LogP contribution in [0.5, 0.6) is 0 Å². The monoisotopic (exact) mass is 343 g/mol. The molecule has 1 aliphatic rings. The Bertz CT molecular complexity index is 789. The summed E-state index contributed by atoms with van der Waals surface area (Å²) in [5.74, 6) is -0.220. The first-order valence-corrected chi connectivity index (χ1v) is 8.98. The number of carbonyl (C=O) groups excluding carboxylic acids is 2. The van der Waals surface area contributed by atoms with Crippen molar-refractivity contribution in [2.24, 2.45) is 5.92 Å². The van der Waals surface area contributed by atoms with Gasteiger partial charge in [0.15, 0.2) is 0 Å². The van der Waals surface area contributed by atoms with E-state index in [1.165, 1.54) is 0 Å². The summed E-state index contributed by atoms with van der Waals surface area (Å²) in [7, 11) is 0. The zero-order valence-corrected chi connectivity index (χ0v) is 15.1. The van der Waals surface area contributed by atoms with Crippen molar-refractivity contribution >= 4 is 17.5 Å². The maximum absolute atomic E-state index is 12.8. The molecule has 3 heterocycles. The molecular formula is C19H25N3O3. The molecule has 134 valence electrons. The van der Waals surface area contributed by atoms with Crippen LogP contribution in [-0.2, 0) is 16.0 Å². The molecule has 1 amide bonds. The first-order chi connectivity index (χ1) is 12.0. The summed E-state index contributed by atoms with van der Waals surface area (Å²) in [6.45, 7) is 7.50. The molecule has 0 aromatic carbocycles. The highest BCUT2D eigenvalue weighted by Crippen LogP contribution is 2.21. The van der Waals surface area contributed by atoms with Gasteiger partial charge in [-0.1, -0.05) is 6.92 Å². The van der Waals surface area contributed by atoms with Crippen molar-refractivity contribution in [2.45, 2.75) is 40.0 Å². The molecule has 0 unspecified atom stereocenters. The van der Waals surface area contributed by atoms with Crippen LogP contribution in [0.15, 0.2) is 18.3 Å². The van der Waals surface area contributed by atoms with Gasteiger partial charge < -0.3 is 14.0 Å². The Morgan fingerprint density at radius 1 is 1.24 bits per heavy atom. The van der Waals surface area contributed by atoms with Gasteiger partial charge in [0.2, 0.25) is 0 Å². The van der Waals surface area contributed by atoms with E-state index in [1.807, 2.05) is 41.5 Å². The van der Waals surface area contributed by atoms with Gasteiger partial charge in [-0.25, -0.2) is 4.98 Å². The summed E-state index contributed by atoms with van der Waals surface area (Å²) in [5, 5.41) is 0. The lowest BCUT2D eigenvalue weighted by Gasteiger charge is -2.31. The first kappa shape index (κ1) is 17.5. The van der Waals surface area contributed by atoms with Crippen molar-refractivity contribution in [1.29, 1.82) is 0 Å². The van der Waals surface area contributed by atoms with Crippen LogP contribution >= 0.6 is 0 Å². The molecule has 6 nitrogen and oxygen atoms in total. The van der Waals surface area contributed by atoms with Crippen molar-refractivity contribution in [3.05, 3.63) is 35.3 Å². The van der Waals surface area contributed by atoms with Crippen LogP contribution in [0.2, 0.25) is 0 Å². The number of esters is 1. The molecule has 0 radical (unpaired) electrons. The van der Waals surface area contributed by atoms with E-state index in [0.717, 1.165) is 23.5 Å². The minimum atomic E-state index is -0.142. The summed E-state index contributed by atoms with van der Waals surface area (Å²) >= 11 is 0. The molecule has 1 saturated heterocycles. The molecule has 3 rings (SSSR count). The number of ether oxygens (including phenoxy) is 1. The average Bonchev–Trinajstić information content (AvgIpc) is 2.97. The molecule has 0 atom stereocenters. The van der Waals surface area contributed by atoms with Gasteiger partial charge in [-0.05, 0) is 45.2 Å². The van der Waals surface area contributed by atoms with Crippen LogP contribution in [0, 0.1) is 12.8 Å². The molecular weight excluding hydrogens is 318 g/mol. The number of aromatic nitrogens is 2. The number of nitrogens with zero attached hydrogens (tertiary/aromatic N) is 3. The zero-order chi connectivity index (χ0) is 18.0. The molecule has 0 saturated carbocycles. The normalized spacial score (nSPS) is 15.6. The number of carbonyl (C=O) groups is 2. The van der Waals surface area contributed by atoms with E-state index in [-0.39, 0.29) is 17.8 Å². The number of piperidine rings is 1. The molecule has 2 aromatic heterocycles. The number of hydrogen-bond acceptors (Lipinski definition) is 4. The van der Waals surface area contributed by atoms with E-state index in [2.05, 4.69) is 11.9 Å². The fraction of sp³-hybridized carbons (Fsp3) is 0.526. The molecule has 0 aliphatic carbocycles. The second-order valence-corrected chi connectivity index (χ2v) is 6.46. The number of imidazole rings is 1. The van der Waals surface area contributed by atoms with Crippen molar-refractivity contribution < 1.29 is 14.3 Å². The Balaban J connectivity index is 1.72. The third kappa shape index (κ3) is 3.38. The Kier molecular flexibility index (Phi) is 5.06. The molecule has 0 bridgehead atoms. The Labute approximate surface area is 147 Å². The van der Waals surface area contributed by atoms with Gasteiger partial charge in [-0.15, -0.1) is 0 Å². The lowest BCUT2D eigenvalue weighted by molar-refractivity contribution is -0.149. The van der Waals surface area contributed by atoms with Crippen LogP contribution in [0.4, 0.5) is 0 Å². The largest absolute Gasteiger partial charge is 0.466 e. The van der Waals surface area contributed by atoms with E-state index in [0.29, 0.717) is 38.1 Å². The Hall–Kier alpha value is -2.37. The third-order valence-corrected chi connectivity index (χ3v) is 4.94. The maximum atomic E-state index is 12.8. The second-order valence-electron chi connectivity index (χ2n) is 6.46. The molecule has 25 heavy (non-hydrogen) atoms. The van der Waals surface area contributed by atoms with Gasteiger partial charge in [-0.2, -0.15) is 0 Å². The van der Waals surface area contributed by atoms with Crippen LogP contribution in [0.25, 0.3) is 5.65 Å². The van der Waals surface area contributed by atoms with Gasteiger partial charge in [0, 0.05) is 25.0 Å². The van der Waals surface area contributed by atoms with Gasteiger partial charge >= 0.3 is 5.97 Å². The highest BCUT2D eigenvalue weighted by atomic mass is 16.5. The van der Waals surface area contributed by atoms with Crippen LogP contribution in [0.3, 0.4) is 0 Å². The molecule has 0 spiro atoms. The summed E-state index contributed by atoms with van der Waals surface area (Å²) in [6, 6.07) is 3.73. The lowest BCUT2D eigenvalue weighted by atomic mass is 9.96. The van der Waals surface area contributed by atoms with Gasteiger partial charge in [0.1, 0.15) is 5.65 Å². The number of likely N-dealkylation sites (tertiary alicyclic amines) is 1. The van der Waals surface area contributed by atoms with E-state index >= 15 is 0 Å². The molecule has 2 aromatic rings. The standard InChI is InChI=1S/C19H25N3O3/c1-4-16-13(3)22-12-15(6-7-17(22)20-16)18(23)21-10-8-14(9-11-21)19(24)25-5-2/h6-7,12,14H,4-5,8-11H2,1-3H3. The molecule has 6 heteroatoms. The number of aryl methyl sites for hydroxylation is 2. The van der Waals surface area contributed by atoms with Crippen LogP contribution in [0.1, 0.15) is 48.4 Å². The van der Waals surface area contributed by atoms with Crippen LogP contribution in [-0.4, -0.2) is 45.9 Å². The van der Waals surface area contributed by atoms with Crippen molar-refractivity contribution in [3.63, 3.8) is 0 Å². The smallest absolute Gasteiger partial charge is 0.309 e. The highest BCUT2D eigenvalue weighted by Gasteiger charge is 2.28. The van der Waals surface area contributed by atoms with E-state index in [4.69, 9.17) is 4.74 Å². The van der Waals surface area contributed by atoms with E-state index in [9.17, 15) is 9.59 Å². The predicted octanol–water partition coefficient (Wildman–Crippen LogP) is 2.62.